The molecule has 1 unspecified atom stereocenters. The molecule has 1 aromatic carbocycles. The summed E-state index contributed by atoms with van der Waals surface area (Å²) in [6.07, 6.45) is 3.68. The van der Waals surface area contributed by atoms with E-state index in [2.05, 4.69) is 24.3 Å². The Labute approximate surface area is 119 Å². The zero-order valence-electron chi connectivity index (χ0n) is 12.2. The lowest BCUT2D eigenvalue weighted by atomic mass is 10.1. The van der Waals surface area contributed by atoms with Crippen LogP contribution in [0.15, 0.2) is 42.7 Å². The van der Waals surface area contributed by atoms with Crippen molar-refractivity contribution in [3.05, 3.63) is 53.9 Å². The van der Waals surface area contributed by atoms with E-state index >= 15 is 0 Å². The minimum atomic E-state index is -0.0168. The van der Waals surface area contributed by atoms with Gasteiger partial charge in [-0.25, -0.2) is 0 Å². The molecule has 0 bridgehead atoms. The number of hydrogen-bond donors (Lipinski definition) is 1. The number of rotatable bonds is 5. The highest BCUT2D eigenvalue weighted by Crippen LogP contribution is 2.08. The molecule has 4 nitrogen and oxygen atoms in total. The second kappa shape index (κ2) is 6.37. The summed E-state index contributed by atoms with van der Waals surface area (Å²) < 4.78 is 1.86. The summed E-state index contributed by atoms with van der Waals surface area (Å²) in [5.74, 6) is 0.412. The Morgan fingerprint density at radius 1 is 1.25 bits per heavy atom. The third-order valence-corrected chi connectivity index (χ3v) is 3.48. The first kappa shape index (κ1) is 14.3. The average molecular weight is 271 g/mol. The Morgan fingerprint density at radius 3 is 2.50 bits per heavy atom. The van der Waals surface area contributed by atoms with E-state index in [0.29, 0.717) is 11.5 Å². The van der Waals surface area contributed by atoms with Crippen molar-refractivity contribution in [1.82, 2.24) is 15.1 Å². The minimum absolute atomic E-state index is 0.0168. The van der Waals surface area contributed by atoms with Crippen molar-refractivity contribution < 1.29 is 4.79 Å². The first-order valence-electron chi connectivity index (χ1n) is 6.93. The molecule has 0 saturated carbocycles. The fourth-order valence-corrected chi connectivity index (χ4v) is 1.80. The third-order valence-electron chi connectivity index (χ3n) is 3.48. The number of nitrogens with zero attached hydrogens (tertiary/aromatic N) is 2. The lowest BCUT2D eigenvalue weighted by molar-refractivity contribution is 0.0930. The number of carbonyl (C=O) groups is 1. The normalized spacial score (nSPS) is 12.4. The molecule has 2 rings (SSSR count). The van der Waals surface area contributed by atoms with Crippen LogP contribution >= 0.6 is 0 Å². The van der Waals surface area contributed by atoms with E-state index in [0.717, 1.165) is 12.1 Å². The van der Waals surface area contributed by atoms with Crippen LogP contribution in [0, 0.1) is 5.92 Å². The Kier molecular flexibility index (Phi) is 4.56. The Bertz CT molecular complexity index is 544. The lowest BCUT2D eigenvalue weighted by Crippen LogP contribution is -2.36. The van der Waals surface area contributed by atoms with Gasteiger partial charge in [0.25, 0.3) is 5.91 Å². The van der Waals surface area contributed by atoms with Gasteiger partial charge >= 0.3 is 0 Å². The Hall–Kier alpha value is -2.10. The number of hydrogen-bond acceptors (Lipinski definition) is 2. The molecular weight excluding hydrogens is 250 g/mol. The highest BCUT2D eigenvalue weighted by molar-refractivity contribution is 5.94. The van der Waals surface area contributed by atoms with Crippen LogP contribution in [-0.4, -0.2) is 21.7 Å². The summed E-state index contributed by atoms with van der Waals surface area (Å²) in [5.41, 5.74) is 1.82. The quantitative estimate of drug-likeness (QED) is 0.909. The van der Waals surface area contributed by atoms with Crippen LogP contribution in [0.5, 0.6) is 0 Å². The first-order chi connectivity index (χ1) is 9.56. The predicted octanol–water partition coefficient (Wildman–Crippen LogP) is 2.71. The van der Waals surface area contributed by atoms with Crippen LogP contribution in [0.25, 0.3) is 0 Å². The zero-order chi connectivity index (χ0) is 14.5. The van der Waals surface area contributed by atoms with Crippen molar-refractivity contribution >= 4 is 5.91 Å². The molecule has 0 aliphatic heterocycles. The van der Waals surface area contributed by atoms with Crippen LogP contribution in [0.1, 0.15) is 36.7 Å². The monoisotopic (exact) mass is 271 g/mol. The number of benzene rings is 1. The number of aromatic nitrogens is 2. The van der Waals surface area contributed by atoms with Crippen LogP contribution in [0.3, 0.4) is 0 Å². The van der Waals surface area contributed by atoms with Gasteiger partial charge < -0.3 is 5.32 Å². The molecule has 2 aromatic rings. The van der Waals surface area contributed by atoms with Crippen molar-refractivity contribution in [2.45, 2.75) is 33.4 Å². The van der Waals surface area contributed by atoms with Gasteiger partial charge in [-0.05, 0) is 36.6 Å². The van der Waals surface area contributed by atoms with Gasteiger partial charge in [-0.1, -0.05) is 26.0 Å². The van der Waals surface area contributed by atoms with Crippen molar-refractivity contribution in [1.29, 1.82) is 0 Å². The zero-order valence-corrected chi connectivity index (χ0v) is 12.2. The van der Waals surface area contributed by atoms with E-state index in [4.69, 9.17) is 0 Å². The van der Waals surface area contributed by atoms with Crippen molar-refractivity contribution in [2.24, 2.45) is 5.92 Å². The van der Waals surface area contributed by atoms with E-state index in [9.17, 15) is 4.79 Å². The highest BCUT2D eigenvalue weighted by Gasteiger charge is 2.12. The second-order valence-corrected chi connectivity index (χ2v) is 5.41. The van der Waals surface area contributed by atoms with Crippen LogP contribution in [0.2, 0.25) is 0 Å². The van der Waals surface area contributed by atoms with Gasteiger partial charge in [-0.2, -0.15) is 5.10 Å². The lowest BCUT2D eigenvalue weighted by Gasteiger charge is -2.17. The summed E-state index contributed by atoms with van der Waals surface area (Å²) in [6.45, 7) is 6.93. The van der Waals surface area contributed by atoms with E-state index in [1.165, 1.54) is 0 Å². The second-order valence-electron chi connectivity index (χ2n) is 5.41. The van der Waals surface area contributed by atoms with Crippen LogP contribution in [0.4, 0.5) is 0 Å². The average Bonchev–Trinajstić information content (AvgIpc) is 2.92. The smallest absolute Gasteiger partial charge is 0.251 e. The van der Waals surface area contributed by atoms with Gasteiger partial charge in [0, 0.05) is 24.0 Å². The van der Waals surface area contributed by atoms with Gasteiger partial charge in [0.1, 0.15) is 0 Å². The van der Waals surface area contributed by atoms with Crippen molar-refractivity contribution in [3.8, 4) is 0 Å². The first-order valence-corrected chi connectivity index (χ1v) is 6.93. The van der Waals surface area contributed by atoms with Crippen molar-refractivity contribution in [2.75, 3.05) is 0 Å². The molecule has 0 spiro atoms. The summed E-state index contributed by atoms with van der Waals surface area (Å²) in [5, 5.41) is 7.17. The maximum Gasteiger partial charge on any atom is 0.251 e. The molecule has 4 heteroatoms. The van der Waals surface area contributed by atoms with E-state index in [1.807, 2.05) is 48.1 Å². The van der Waals surface area contributed by atoms with E-state index in [1.54, 1.807) is 6.20 Å². The molecule has 1 N–H and O–H groups in total. The molecule has 20 heavy (non-hydrogen) atoms. The third kappa shape index (κ3) is 3.70. The summed E-state index contributed by atoms with van der Waals surface area (Å²) in [4.78, 5) is 12.1. The topological polar surface area (TPSA) is 46.9 Å². The van der Waals surface area contributed by atoms with Gasteiger partial charge in [0.2, 0.25) is 0 Å². The molecule has 0 radical (unpaired) electrons. The number of amides is 1. The van der Waals surface area contributed by atoms with Gasteiger partial charge in [-0.3, -0.25) is 9.48 Å². The molecule has 1 atom stereocenters. The Morgan fingerprint density at radius 2 is 1.95 bits per heavy atom. The molecule has 0 saturated heterocycles. The Balaban J connectivity index is 1.99. The summed E-state index contributed by atoms with van der Waals surface area (Å²) in [7, 11) is 0. The fraction of sp³-hybridized carbons (Fsp3) is 0.375. The molecule has 1 heterocycles. The van der Waals surface area contributed by atoms with Crippen LogP contribution < -0.4 is 5.32 Å². The molecule has 0 aliphatic rings. The van der Waals surface area contributed by atoms with Gasteiger partial charge in [-0.15, -0.1) is 0 Å². The van der Waals surface area contributed by atoms with Crippen molar-refractivity contribution in [3.63, 3.8) is 0 Å². The van der Waals surface area contributed by atoms with Gasteiger partial charge in [0.15, 0.2) is 0 Å². The number of carbonyl (C=O) groups excluding carboxylic acids is 1. The highest BCUT2D eigenvalue weighted by atomic mass is 16.1. The van der Waals surface area contributed by atoms with E-state index in [-0.39, 0.29) is 11.9 Å². The predicted molar refractivity (Wildman–Crippen MR) is 79.5 cm³/mol. The van der Waals surface area contributed by atoms with Crippen LogP contribution in [-0.2, 0) is 6.54 Å². The summed E-state index contributed by atoms with van der Waals surface area (Å²) >= 11 is 0. The fourth-order valence-electron chi connectivity index (χ4n) is 1.80. The SMILES string of the molecule is CC(C)C(C)NC(=O)c1ccc(Cn2cccn2)cc1. The molecule has 0 aliphatic carbocycles. The molecule has 1 amide bonds. The standard InChI is InChI=1S/C16H21N3O/c1-12(2)13(3)18-16(20)15-7-5-14(6-8-15)11-19-10-4-9-17-19/h4-10,12-13H,11H2,1-3H3,(H,18,20). The molecule has 0 fully saturated rings. The van der Waals surface area contributed by atoms with Gasteiger partial charge in [0.05, 0.1) is 6.54 Å². The summed E-state index contributed by atoms with van der Waals surface area (Å²) in [6, 6.07) is 9.73. The number of nitrogens with one attached hydrogen (secondary N) is 1. The molecule has 106 valence electrons. The molecular formula is C16H21N3O. The van der Waals surface area contributed by atoms with E-state index < -0.39 is 0 Å². The largest absolute Gasteiger partial charge is 0.349 e. The molecule has 1 aromatic heterocycles. The minimum Gasteiger partial charge on any atom is -0.349 e. The maximum absolute atomic E-state index is 12.1. The maximum atomic E-state index is 12.1.